The number of carbonyl (C=O) groups excluding carboxylic acids is 2. The summed E-state index contributed by atoms with van der Waals surface area (Å²) in [5.74, 6) is -3.44. The second kappa shape index (κ2) is 10.7. The number of carboxylic acid groups (broad SMARTS) is 1. The number of anilines is 1. The Bertz CT molecular complexity index is 1280. The Hall–Kier alpha value is -3.69. The van der Waals surface area contributed by atoms with Crippen molar-refractivity contribution >= 4 is 23.5 Å². The summed E-state index contributed by atoms with van der Waals surface area (Å²) in [5.41, 5.74) is -0.871. The lowest BCUT2D eigenvalue weighted by Crippen LogP contribution is -2.59. The molecule has 3 heterocycles. The zero-order valence-corrected chi connectivity index (χ0v) is 22.9. The zero-order chi connectivity index (χ0) is 28.7. The first-order chi connectivity index (χ1) is 19.3. The average Bonchev–Trinajstić information content (AvgIpc) is 3.58. The van der Waals surface area contributed by atoms with Crippen molar-refractivity contribution in [1.82, 2.24) is 4.90 Å². The van der Waals surface area contributed by atoms with Gasteiger partial charge in [0.15, 0.2) is 0 Å². The van der Waals surface area contributed by atoms with Gasteiger partial charge in [-0.3, -0.25) is 14.4 Å². The first-order valence-corrected chi connectivity index (χ1v) is 13.7. The van der Waals surface area contributed by atoms with Gasteiger partial charge in [0.2, 0.25) is 5.91 Å². The zero-order valence-electron chi connectivity index (χ0n) is 22.9. The van der Waals surface area contributed by atoms with Crippen LogP contribution in [0.3, 0.4) is 0 Å². The van der Waals surface area contributed by atoms with E-state index in [4.69, 9.17) is 9.47 Å². The number of benzene rings is 2. The SMILES string of the molecule is C=CCN(C(=O)C1N([C@@H](CO)Cc2ccccc2)C(=O)[C@@H]2[C@@H](C(=O)O)[C@@]3(CC)CCC12O3)c1ccc(OC)cc1. The molecule has 5 rings (SSSR count). The molecule has 2 aromatic carbocycles. The van der Waals surface area contributed by atoms with Gasteiger partial charge in [0, 0.05) is 12.2 Å². The lowest BCUT2D eigenvalue weighted by Gasteiger charge is -2.39. The number of likely N-dealkylation sites (tertiary alicyclic amines) is 1. The predicted molar refractivity (Wildman–Crippen MR) is 148 cm³/mol. The summed E-state index contributed by atoms with van der Waals surface area (Å²) >= 11 is 0. The molecule has 2 bridgehead atoms. The topological polar surface area (TPSA) is 117 Å². The third kappa shape index (κ3) is 4.19. The molecule has 0 aromatic heterocycles. The minimum Gasteiger partial charge on any atom is -0.497 e. The van der Waals surface area contributed by atoms with E-state index in [1.807, 2.05) is 37.3 Å². The van der Waals surface area contributed by atoms with Crippen LogP contribution in [0.5, 0.6) is 5.75 Å². The summed E-state index contributed by atoms with van der Waals surface area (Å²) < 4.78 is 11.9. The van der Waals surface area contributed by atoms with Gasteiger partial charge in [-0.1, -0.05) is 43.3 Å². The minimum atomic E-state index is -1.32. The fraction of sp³-hybridized carbons (Fsp3) is 0.452. The molecule has 6 atom stereocenters. The molecule has 0 saturated carbocycles. The molecule has 2 N–H and O–H groups in total. The minimum absolute atomic E-state index is 0.161. The van der Waals surface area contributed by atoms with Crippen LogP contribution in [0.2, 0.25) is 0 Å². The van der Waals surface area contributed by atoms with Crippen LogP contribution >= 0.6 is 0 Å². The summed E-state index contributed by atoms with van der Waals surface area (Å²) in [5, 5.41) is 20.9. The smallest absolute Gasteiger partial charge is 0.310 e. The Morgan fingerprint density at radius 3 is 2.48 bits per heavy atom. The number of aliphatic hydroxyl groups is 1. The van der Waals surface area contributed by atoms with Crippen LogP contribution in [0.1, 0.15) is 31.7 Å². The van der Waals surface area contributed by atoms with Crippen molar-refractivity contribution in [2.45, 2.75) is 55.9 Å². The second-order valence-corrected chi connectivity index (χ2v) is 10.9. The summed E-state index contributed by atoms with van der Waals surface area (Å²) in [4.78, 5) is 44.6. The quantitative estimate of drug-likeness (QED) is 0.415. The fourth-order valence-corrected chi connectivity index (χ4v) is 7.20. The van der Waals surface area contributed by atoms with Gasteiger partial charge in [0.25, 0.3) is 5.91 Å². The molecule has 1 spiro atoms. The number of rotatable bonds is 11. The van der Waals surface area contributed by atoms with Gasteiger partial charge in [0.05, 0.1) is 31.3 Å². The van der Waals surface area contributed by atoms with E-state index in [1.54, 1.807) is 37.5 Å². The van der Waals surface area contributed by atoms with Crippen LogP contribution in [-0.2, 0) is 25.5 Å². The number of fused-ring (bicyclic) bond motifs is 1. The van der Waals surface area contributed by atoms with Gasteiger partial charge in [-0.25, -0.2) is 0 Å². The molecule has 0 radical (unpaired) electrons. The molecular weight excluding hydrogens is 512 g/mol. The van der Waals surface area contributed by atoms with E-state index in [1.165, 1.54) is 9.80 Å². The maximum absolute atomic E-state index is 14.7. The normalized spacial score (nSPS) is 29.2. The van der Waals surface area contributed by atoms with Gasteiger partial charge in [-0.05, 0) is 55.5 Å². The van der Waals surface area contributed by atoms with E-state index in [0.717, 1.165) is 5.56 Å². The van der Waals surface area contributed by atoms with Crippen LogP contribution in [0.4, 0.5) is 5.69 Å². The van der Waals surface area contributed by atoms with Crippen LogP contribution in [-0.4, -0.2) is 76.4 Å². The molecule has 2 aromatic rings. The van der Waals surface area contributed by atoms with E-state index < -0.39 is 59.5 Å². The van der Waals surface area contributed by atoms with E-state index in [-0.39, 0.29) is 6.54 Å². The van der Waals surface area contributed by atoms with Gasteiger partial charge in [0.1, 0.15) is 23.3 Å². The first kappa shape index (κ1) is 27.9. The molecule has 3 saturated heterocycles. The van der Waals surface area contributed by atoms with Gasteiger partial charge >= 0.3 is 5.97 Å². The monoisotopic (exact) mass is 548 g/mol. The summed E-state index contributed by atoms with van der Waals surface area (Å²) in [7, 11) is 1.56. The number of ether oxygens (including phenoxy) is 2. The van der Waals surface area contributed by atoms with Crippen molar-refractivity contribution in [2.75, 3.05) is 25.2 Å². The maximum atomic E-state index is 14.7. The highest BCUT2D eigenvalue weighted by Crippen LogP contribution is 2.64. The highest BCUT2D eigenvalue weighted by Gasteiger charge is 2.79. The van der Waals surface area contributed by atoms with Crippen LogP contribution < -0.4 is 9.64 Å². The van der Waals surface area contributed by atoms with Crippen molar-refractivity contribution in [3.63, 3.8) is 0 Å². The number of aliphatic carboxylic acids is 1. The lowest BCUT2D eigenvalue weighted by molar-refractivity contribution is -0.157. The highest BCUT2D eigenvalue weighted by atomic mass is 16.5. The molecule has 3 aliphatic rings. The van der Waals surface area contributed by atoms with Crippen molar-refractivity contribution in [2.24, 2.45) is 11.8 Å². The largest absolute Gasteiger partial charge is 0.497 e. The number of methoxy groups -OCH3 is 1. The average molecular weight is 549 g/mol. The van der Waals surface area contributed by atoms with Gasteiger partial charge in [-0.15, -0.1) is 6.58 Å². The van der Waals surface area contributed by atoms with Crippen molar-refractivity contribution in [1.29, 1.82) is 0 Å². The predicted octanol–water partition coefficient (Wildman–Crippen LogP) is 3.06. The van der Waals surface area contributed by atoms with E-state index in [9.17, 15) is 24.6 Å². The Labute approximate surface area is 234 Å². The van der Waals surface area contributed by atoms with Gasteiger partial charge < -0.3 is 29.5 Å². The fourth-order valence-electron chi connectivity index (χ4n) is 7.20. The standard InChI is InChI=1S/C31H36N2O7/c1-4-17-32(21-11-13-23(39-3)14-12-21)28(36)26-31-16-15-30(5-2,40-31)25(29(37)38)24(31)27(35)33(26)22(19-34)18-20-9-7-6-8-10-20/h4,6-14,22,24-26,34H,1,5,15-19H2,2-3H3,(H,37,38)/t22-,24+,25+,26?,30-,31?/m1/s1. The third-order valence-electron chi connectivity index (χ3n) is 9.00. The van der Waals surface area contributed by atoms with Crippen LogP contribution in [0.25, 0.3) is 0 Å². The van der Waals surface area contributed by atoms with E-state index in [2.05, 4.69) is 6.58 Å². The van der Waals surface area contributed by atoms with Gasteiger partial charge in [-0.2, -0.15) is 0 Å². The molecule has 9 nitrogen and oxygen atoms in total. The Morgan fingerprint density at radius 2 is 1.90 bits per heavy atom. The summed E-state index contributed by atoms with van der Waals surface area (Å²) in [6, 6.07) is 14.5. The van der Waals surface area contributed by atoms with Crippen molar-refractivity contribution in [3.05, 3.63) is 72.8 Å². The summed E-state index contributed by atoms with van der Waals surface area (Å²) in [6.07, 6.45) is 3.14. The molecule has 3 aliphatic heterocycles. The Balaban J connectivity index is 1.63. The molecular formula is C31H36N2O7. The molecule has 9 heteroatoms. The number of hydrogen-bond acceptors (Lipinski definition) is 6. The third-order valence-corrected chi connectivity index (χ3v) is 9.00. The lowest BCUT2D eigenvalue weighted by atomic mass is 9.65. The number of aliphatic hydroxyl groups excluding tert-OH is 1. The van der Waals surface area contributed by atoms with Crippen molar-refractivity contribution in [3.8, 4) is 5.75 Å². The van der Waals surface area contributed by atoms with Crippen molar-refractivity contribution < 1.29 is 34.1 Å². The highest BCUT2D eigenvalue weighted by molar-refractivity contribution is 6.05. The molecule has 2 amide bonds. The maximum Gasteiger partial charge on any atom is 0.310 e. The summed E-state index contributed by atoms with van der Waals surface area (Å²) in [6.45, 7) is 5.46. The Morgan fingerprint density at radius 1 is 1.20 bits per heavy atom. The Kier molecular flexibility index (Phi) is 7.46. The molecule has 2 unspecified atom stereocenters. The number of carbonyl (C=O) groups is 3. The van der Waals surface area contributed by atoms with Crippen LogP contribution in [0, 0.1) is 11.8 Å². The number of hydrogen-bond donors (Lipinski definition) is 2. The number of nitrogens with zero attached hydrogens (tertiary/aromatic N) is 2. The van der Waals surface area contributed by atoms with E-state index >= 15 is 0 Å². The van der Waals surface area contributed by atoms with Crippen LogP contribution in [0.15, 0.2) is 67.3 Å². The number of amides is 2. The molecule has 0 aliphatic carbocycles. The van der Waals surface area contributed by atoms with E-state index in [0.29, 0.717) is 37.1 Å². The first-order valence-electron chi connectivity index (χ1n) is 13.7. The number of carboxylic acids is 1. The molecule has 3 fully saturated rings. The molecule has 40 heavy (non-hydrogen) atoms. The molecule has 212 valence electrons. The second-order valence-electron chi connectivity index (χ2n) is 10.9.